The number of carbonyl (C=O) groups excluding carboxylic acids is 1. The number of hydrogen-bond donors (Lipinski definition) is 2. The van der Waals surface area contributed by atoms with Crippen molar-refractivity contribution in [2.24, 2.45) is 0 Å². The van der Waals surface area contributed by atoms with Gasteiger partial charge in [-0.1, -0.05) is 27.5 Å². The molecule has 2 rings (SSSR count). The maximum Gasteiger partial charge on any atom is 0.253 e. The van der Waals surface area contributed by atoms with Crippen molar-refractivity contribution < 1.29 is 17.9 Å². The molecule has 0 radical (unpaired) electrons. The zero-order valence-electron chi connectivity index (χ0n) is 15.0. The summed E-state index contributed by atoms with van der Waals surface area (Å²) in [6, 6.07) is 9.19. The molecule has 0 unspecified atom stereocenters. The molecule has 0 saturated heterocycles. The number of benzene rings is 2. The number of hydrogen-bond acceptors (Lipinski definition) is 4. The molecule has 0 spiro atoms. The van der Waals surface area contributed by atoms with Crippen molar-refractivity contribution in [2.75, 3.05) is 7.11 Å². The van der Waals surface area contributed by atoms with Crippen LogP contribution >= 0.6 is 27.5 Å². The van der Waals surface area contributed by atoms with Crippen LogP contribution in [0.3, 0.4) is 0 Å². The number of halogens is 2. The van der Waals surface area contributed by atoms with Gasteiger partial charge < -0.3 is 10.1 Å². The molecule has 6 nitrogen and oxygen atoms in total. The predicted molar refractivity (Wildman–Crippen MR) is 109 cm³/mol. The Morgan fingerprint density at radius 1 is 1.22 bits per heavy atom. The quantitative estimate of drug-likeness (QED) is 0.639. The van der Waals surface area contributed by atoms with Gasteiger partial charge in [0.05, 0.1) is 22.6 Å². The van der Waals surface area contributed by atoms with Crippen molar-refractivity contribution in [3.63, 3.8) is 0 Å². The first-order valence-corrected chi connectivity index (χ1v) is 10.7. The van der Waals surface area contributed by atoms with Gasteiger partial charge in [-0.15, -0.1) is 0 Å². The molecule has 0 aliphatic rings. The summed E-state index contributed by atoms with van der Waals surface area (Å²) in [6.45, 7) is 3.62. The van der Waals surface area contributed by atoms with E-state index < -0.39 is 15.9 Å². The summed E-state index contributed by atoms with van der Waals surface area (Å²) in [5.74, 6) is 0.144. The van der Waals surface area contributed by atoms with E-state index in [9.17, 15) is 13.2 Å². The molecule has 0 heterocycles. The number of amides is 1. The molecule has 0 saturated carbocycles. The van der Waals surface area contributed by atoms with Gasteiger partial charge in [-0.25, -0.2) is 13.1 Å². The van der Waals surface area contributed by atoms with Crippen LogP contribution in [0.2, 0.25) is 5.02 Å². The van der Waals surface area contributed by atoms with Crippen molar-refractivity contribution in [1.29, 1.82) is 0 Å². The number of nitrogens with one attached hydrogen (secondary N) is 2. The average molecular weight is 476 g/mol. The minimum Gasteiger partial charge on any atom is -0.496 e. The minimum absolute atomic E-state index is 0.0224. The highest BCUT2D eigenvalue weighted by atomic mass is 79.9. The maximum absolute atomic E-state index is 12.6. The van der Waals surface area contributed by atoms with Gasteiger partial charge in [-0.2, -0.15) is 0 Å². The molecule has 0 aromatic heterocycles. The number of methoxy groups -OCH3 is 1. The van der Waals surface area contributed by atoms with Gasteiger partial charge in [-0.05, 0) is 50.2 Å². The highest BCUT2D eigenvalue weighted by Gasteiger charge is 2.19. The fraction of sp³-hybridized carbons (Fsp3) is 0.278. The van der Waals surface area contributed by atoms with Gasteiger partial charge in [0.25, 0.3) is 5.91 Å². The SMILES string of the molecule is COc1ccc(Br)cc1CNC(=O)c1cc(S(=O)(=O)NC(C)C)ccc1Cl. The third-order valence-corrected chi connectivity index (χ3v) is 6.04. The molecule has 0 atom stereocenters. The summed E-state index contributed by atoms with van der Waals surface area (Å²) in [5.41, 5.74) is 0.846. The topological polar surface area (TPSA) is 84.5 Å². The van der Waals surface area contributed by atoms with E-state index in [1.165, 1.54) is 18.2 Å². The number of sulfonamides is 1. The Morgan fingerprint density at radius 2 is 1.93 bits per heavy atom. The van der Waals surface area contributed by atoms with Crippen molar-refractivity contribution in [2.45, 2.75) is 31.3 Å². The average Bonchev–Trinajstić information content (AvgIpc) is 2.59. The second kappa shape index (κ2) is 9.05. The molecule has 0 aliphatic carbocycles. The summed E-state index contributed by atoms with van der Waals surface area (Å²) in [6.07, 6.45) is 0. The Labute approximate surface area is 172 Å². The molecule has 146 valence electrons. The number of rotatable bonds is 7. The van der Waals surface area contributed by atoms with E-state index in [0.717, 1.165) is 10.0 Å². The monoisotopic (exact) mass is 474 g/mol. The van der Waals surface area contributed by atoms with E-state index in [2.05, 4.69) is 26.0 Å². The molecular weight excluding hydrogens is 456 g/mol. The van der Waals surface area contributed by atoms with Crippen LogP contribution in [0, 0.1) is 0 Å². The zero-order chi connectivity index (χ0) is 20.2. The standard InChI is InChI=1S/C18H20BrClN2O4S/c1-11(2)22-27(24,25)14-5-6-16(20)15(9-14)18(23)21-10-12-8-13(19)4-7-17(12)26-3/h4-9,11,22H,10H2,1-3H3,(H,21,23). The van der Waals surface area contributed by atoms with E-state index in [1.807, 2.05) is 12.1 Å². The highest BCUT2D eigenvalue weighted by molar-refractivity contribution is 9.10. The Kier molecular flexibility index (Phi) is 7.27. The fourth-order valence-corrected chi connectivity index (χ4v) is 4.27. The van der Waals surface area contributed by atoms with Gasteiger partial charge in [0.15, 0.2) is 0 Å². The largest absolute Gasteiger partial charge is 0.496 e. The van der Waals surface area contributed by atoms with E-state index in [4.69, 9.17) is 16.3 Å². The first kappa shape index (κ1) is 21.7. The molecule has 27 heavy (non-hydrogen) atoms. The van der Waals surface area contributed by atoms with E-state index in [1.54, 1.807) is 27.0 Å². The van der Waals surface area contributed by atoms with Crippen molar-refractivity contribution in [3.8, 4) is 5.75 Å². The Bertz CT molecular complexity index is 948. The molecule has 0 bridgehead atoms. The highest BCUT2D eigenvalue weighted by Crippen LogP contribution is 2.24. The van der Waals surface area contributed by atoms with Crippen molar-refractivity contribution >= 4 is 43.5 Å². The Hall–Kier alpha value is -1.61. The van der Waals surface area contributed by atoms with Crippen molar-refractivity contribution in [3.05, 3.63) is 57.0 Å². The third kappa shape index (κ3) is 5.68. The summed E-state index contributed by atoms with van der Waals surface area (Å²) >= 11 is 9.48. The van der Waals surface area contributed by atoms with E-state index in [0.29, 0.717) is 5.75 Å². The Balaban J connectivity index is 2.24. The molecule has 9 heteroatoms. The molecule has 0 fully saturated rings. The van der Waals surface area contributed by atoms with Crippen LogP contribution in [-0.4, -0.2) is 27.5 Å². The van der Waals surface area contributed by atoms with Gasteiger partial charge in [0.2, 0.25) is 10.0 Å². The van der Waals surface area contributed by atoms with Crippen LogP contribution in [-0.2, 0) is 16.6 Å². The predicted octanol–water partition coefficient (Wildman–Crippen LogP) is 3.73. The van der Waals surface area contributed by atoms with Crippen LogP contribution in [0.4, 0.5) is 0 Å². The van der Waals surface area contributed by atoms with Crippen LogP contribution in [0.15, 0.2) is 45.8 Å². The second-order valence-electron chi connectivity index (χ2n) is 6.06. The fourth-order valence-electron chi connectivity index (χ4n) is 2.38. The van der Waals surface area contributed by atoms with Gasteiger partial charge in [0.1, 0.15) is 5.75 Å². The minimum atomic E-state index is -3.73. The lowest BCUT2D eigenvalue weighted by atomic mass is 10.1. The summed E-state index contributed by atoms with van der Waals surface area (Å²) in [5, 5.41) is 2.90. The smallest absolute Gasteiger partial charge is 0.253 e. The van der Waals surface area contributed by atoms with Crippen LogP contribution in [0.5, 0.6) is 5.75 Å². The number of carbonyl (C=O) groups is 1. The lowest BCUT2D eigenvalue weighted by molar-refractivity contribution is 0.0950. The number of ether oxygens (including phenoxy) is 1. The van der Waals surface area contributed by atoms with Gasteiger partial charge >= 0.3 is 0 Å². The Morgan fingerprint density at radius 3 is 2.56 bits per heavy atom. The molecular formula is C18H20BrClN2O4S. The normalized spacial score (nSPS) is 11.5. The zero-order valence-corrected chi connectivity index (χ0v) is 18.2. The lowest BCUT2D eigenvalue weighted by Crippen LogP contribution is -2.30. The van der Waals surface area contributed by atoms with Crippen molar-refractivity contribution in [1.82, 2.24) is 10.0 Å². The summed E-state index contributed by atoms with van der Waals surface area (Å²) in [4.78, 5) is 12.5. The van der Waals surface area contributed by atoms with E-state index >= 15 is 0 Å². The third-order valence-electron chi connectivity index (χ3n) is 3.57. The molecule has 1 amide bonds. The summed E-state index contributed by atoms with van der Waals surface area (Å²) < 4.78 is 33.2. The van der Waals surface area contributed by atoms with Crippen LogP contribution in [0.1, 0.15) is 29.8 Å². The molecule has 2 aromatic rings. The van der Waals surface area contributed by atoms with Gasteiger partial charge in [0, 0.05) is 22.6 Å². The first-order valence-electron chi connectivity index (χ1n) is 8.06. The van der Waals surface area contributed by atoms with E-state index in [-0.39, 0.29) is 28.1 Å². The first-order chi connectivity index (χ1) is 12.6. The molecule has 2 aromatic carbocycles. The lowest BCUT2D eigenvalue weighted by Gasteiger charge is -2.13. The van der Waals surface area contributed by atoms with Crippen LogP contribution < -0.4 is 14.8 Å². The molecule has 2 N–H and O–H groups in total. The molecule has 0 aliphatic heterocycles. The second-order valence-corrected chi connectivity index (χ2v) is 9.09. The van der Waals surface area contributed by atoms with Crippen LogP contribution in [0.25, 0.3) is 0 Å². The van der Waals surface area contributed by atoms with Gasteiger partial charge in [-0.3, -0.25) is 4.79 Å². The summed E-state index contributed by atoms with van der Waals surface area (Å²) in [7, 11) is -2.19. The maximum atomic E-state index is 12.6.